The highest BCUT2D eigenvalue weighted by Gasteiger charge is 2.44. The molecule has 79 heavy (non-hydrogen) atoms. The van der Waals surface area contributed by atoms with Crippen molar-refractivity contribution in [1.82, 2.24) is 45.7 Å². The number of hydrogen-bond acceptors (Lipinski definition) is 14. The van der Waals surface area contributed by atoms with Crippen LogP contribution in [0, 0.1) is 18.2 Å². The van der Waals surface area contributed by atoms with Crippen LogP contribution in [0.1, 0.15) is 99.3 Å². The first-order valence-corrected chi connectivity index (χ1v) is 27.4. The van der Waals surface area contributed by atoms with Crippen LogP contribution < -0.4 is 36.2 Å². The lowest BCUT2D eigenvalue weighted by molar-refractivity contribution is -0.144. The Morgan fingerprint density at radius 3 is 2.42 bits per heavy atom. The summed E-state index contributed by atoms with van der Waals surface area (Å²) in [6, 6.07) is 15.7. The van der Waals surface area contributed by atoms with Gasteiger partial charge in [-0.25, -0.2) is 9.37 Å². The second-order valence-corrected chi connectivity index (χ2v) is 21.9. The van der Waals surface area contributed by atoms with E-state index in [1.807, 2.05) is 58.0 Å². The average molecular weight is 1100 g/mol. The second-order valence-electron chi connectivity index (χ2n) is 21.1. The zero-order valence-corrected chi connectivity index (χ0v) is 46.4. The number of anilines is 5. The predicted octanol–water partition coefficient (Wildman–Crippen LogP) is 7.27. The molecule has 0 spiro atoms. The van der Waals surface area contributed by atoms with E-state index in [0.717, 1.165) is 46.5 Å². The molecule has 1 saturated heterocycles. The summed E-state index contributed by atoms with van der Waals surface area (Å²) in [5, 5.41) is 25.9. The number of rotatable bonds is 22. The summed E-state index contributed by atoms with van der Waals surface area (Å²) in [4.78, 5) is 103. The number of likely N-dealkylation sites (N-methyl/N-ethyl adjacent to an activating group) is 1. The zero-order chi connectivity index (χ0) is 56.5. The van der Waals surface area contributed by atoms with Gasteiger partial charge in [0.05, 0.1) is 58.2 Å². The van der Waals surface area contributed by atoms with Crippen molar-refractivity contribution < 1.29 is 43.0 Å². The Labute approximate surface area is 462 Å². The number of fused-ring (bicyclic) bond motifs is 2. The monoisotopic (exact) mass is 1100 g/mol. The molecule has 3 atom stereocenters. The Morgan fingerprint density at radius 2 is 1.71 bits per heavy atom. The topological polar surface area (TPSA) is 256 Å². The summed E-state index contributed by atoms with van der Waals surface area (Å²) in [7, 11) is 4.56. The first-order valence-electron chi connectivity index (χ1n) is 26.5. The lowest BCUT2D eigenvalue weighted by Gasteiger charge is -2.35. The molecule has 7 N–H and O–H groups in total. The summed E-state index contributed by atoms with van der Waals surface area (Å²) < 4.78 is 20.6. The number of aromatic amines is 1. The Balaban J connectivity index is 0.777. The van der Waals surface area contributed by atoms with Crippen LogP contribution in [0.25, 0.3) is 21.5 Å². The quantitative estimate of drug-likeness (QED) is 0.0331. The smallest absolute Gasteiger partial charge is 0.256 e. The summed E-state index contributed by atoms with van der Waals surface area (Å²) in [6.07, 6.45) is 5.34. The Hall–Kier alpha value is -7.98. The molecule has 6 aromatic rings. The van der Waals surface area contributed by atoms with Crippen LogP contribution in [0.4, 0.5) is 33.2 Å². The number of carbonyl (C=O) groups is 6. The van der Waals surface area contributed by atoms with E-state index < -0.39 is 41.2 Å². The molecule has 22 heteroatoms. The van der Waals surface area contributed by atoms with Crippen LogP contribution in [0.5, 0.6) is 5.75 Å². The van der Waals surface area contributed by atoms with Crippen LogP contribution in [0.2, 0.25) is 0 Å². The molecule has 20 nitrogen and oxygen atoms in total. The van der Waals surface area contributed by atoms with Crippen molar-refractivity contribution >= 4 is 86.6 Å². The number of thiazole rings is 1. The molecule has 418 valence electrons. The van der Waals surface area contributed by atoms with Crippen molar-refractivity contribution in [2.45, 2.75) is 110 Å². The number of aryl methyl sites for hydroxylation is 1. The van der Waals surface area contributed by atoms with Gasteiger partial charge in [-0.05, 0) is 78.6 Å². The fourth-order valence-corrected chi connectivity index (χ4v) is 10.7. The number of aromatic nitrogens is 4. The number of halogens is 1. The molecule has 6 amide bonds. The number of nitrogens with one attached hydrogen (secondary N) is 6. The van der Waals surface area contributed by atoms with E-state index in [0.29, 0.717) is 59.8 Å². The van der Waals surface area contributed by atoms with Crippen LogP contribution in [-0.4, -0.2) is 129 Å². The minimum Gasteiger partial charge on any atom is -0.495 e. The van der Waals surface area contributed by atoms with Crippen molar-refractivity contribution in [3.8, 4) is 16.2 Å². The molecule has 0 bridgehead atoms. The molecule has 3 aromatic carbocycles. The maximum atomic E-state index is 14.9. The van der Waals surface area contributed by atoms with Gasteiger partial charge in [-0.3, -0.25) is 28.8 Å². The number of benzene rings is 3. The number of amides is 6. The van der Waals surface area contributed by atoms with Gasteiger partial charge in [0.15, 0.2) is 0 Å². The highest BCUT2D eigenvalue weighted by atomic mass is 32.1. The molecule has 5 heterocycles. The van der Waals surface area contributed by atoms with Gasteiger partial charge in [0.2, 0.25) is 35.5 Å². The molecule has 0 aliphatic carbocycles. The number of nitrogens with zero attached hydrogens (tertiary/aromatic N) is 6. The fraction of sp³-hybridized carbons (Fsp3) is 0.421. The third kappa shape index (κ3) is 13.7. The van der Waals surface area contributed by atoms with Gasteiger partial charge in [-0.1, -0.05) is 70.4 Å². The fourth-order valence-electron chi connectivity index (χ4n) is 9.94. The van der Waals surface area contributed by atoms with Crippen molar-refractivity contribution in [2.24, 2.45) is 5.41 Å². The van der Waals surface area contributed by atoms with Gasteiger partial charge in [-0.15, -0.1) is 11.3 Å². The highest BCUT2D eigenvalue weighted by molar-refractivity contribution is 7.13. The minimum atomic E-state index is -0.926. The Kier molecular flexibility index (Phi) is 18.3. The van der Waals surface area contributed by atoms with Crippen LogP contribution in [0.15, 0.2) is 72.4 Å². The number of methoxy groups -OCH3 is 1. The number of aliphatic hydroxyl groups is 1. The molecular formula is C57H69FN12O8S. The number of β-amino-alcohol motifs (C(OH)–C–C–N with tert-alkyl or cyclic N) is 1. The SMILES string of the molecule is CNC(=O)c1c(F)cccc1Nc1nc(Nc2cc3c(cc2OC)CCN3C(=O)CN(C)C(=O)CCCCCCCC(=O)N[C@H](C(=O)N2C[C@H](O)C[C@H]2C(=O)NCc2ccc(-c3scnc3C)cc2)C(C)(C)C)nc2[nH]ccc12. The number of carbonyl (C=O) groups excluding carboxylic acids is 6. The van der Waals surface area contributed by atoms with E-state index in [4.69, 9.17) is 4.74 Å². The van der Waals surface area contributed by atoms with Gasteiger partial charge < -0.3 is 56.1 Å². The van der Waals surface area contributed by atoms with E-state index in [1.54, 1.807) is 53.2 Å². The number of likely N-dealkylation sites (tertiary alicyclic amines) is 1. The van der Waals surface area contributed by atoms with Gasteiger partial charge in [0.25, 0.3) is 5.91 Å². The lowest BCUT2D eigenvalue weighted by atomic mass is 9.85. The minimum absolute atomic E-state index is 0.0158. The molecule has 8 rings (SSSR count). The number of ether oxygens (including phenoxy) is 1. The second kappa shape index (κ2) is 25.2. The van der Waals surface area contributed by atoms with Crippen molar-refractivity contribution in [1.29, 1.82) is 0 Å². The van der Waals surface area contributed by atoms with Crippen LogP contribution in [0.3, 0.4) is 0 Å². The van der Waals surface area contributed by atoms with Crippen molar-refractivity contribution in [3.63, 3.8) is 0 Å². The van der Waals surface area contributed by atoms with Gasteiger partial charge in [0, 0.05) is 64.9 Å². The summed E-state index contributed by atoms with van der Waals surface area (Å²) in [5.74, 6) is -1.87. The standard InChI is InChI=1S/C57H69FN12O8S/c1-33-49(79-32-62-33)35-20-18-34(19-21-35)29-61-53(75)43-27-37(71)30-70(43)55(77)50(57(2,3)4)65-45(72)16-11-9-8-10-12-17-46(73)68(6)31-47(74)69-25-23-36-26-44(78-7)41(28-42(36)69)64-56-66-51-38(22-24-60-51)52(67-56)63-40-15-13-14-39(58)48(40)54(76)59-5/h13-15,18-22,24,26,28,32,37,43,50,71H,8-12,16-17,23,25,27,29-31H2,1-7H3,(H,59,76)(H,61,75)(H,65,72)(H3,60,63,64,66,67)/t37-,43+,50-/m1/s1. The largest absolute Gasteiger partial charge is 0.495 e. The average Bonchev–Trinajstić information content (AvgIpc) is 4.26. The van der Waals surface area contributed by atoms with Gasteiger partial charge in [-0.2, -0.15) is 9.97 Å². The summed E-state index contributed by atoms with van der Waals surface area (Å²) in [6.45, 7) is 8.03. The third-order valence-corrected chi connectivity index (χ3v) is 15.3. The van der Waals surface area contributed by atoms with Crippen molar-refractivity contribution in [2.75, 3.05) is 56.4 Å². The first kappa shape index (κ1) is 57.2. The molecule has 0 radical (unpaired) electrons. The normalized spacial score (nSPS) is 15.4. The van der Waals surface area contributed by atoms with Gasteiger partial charge >= 0.3 is 0 Å². The molecule has 3 aromatic heterocycles. The summed E-state index contributed by atoms with van der Waals surface area (Å²) in [5.41, 5.74) is 6.50. The van der Waals surface area contributed by atoms with Crippen LogP contribution in [-0.2, 0) is 36.9 Å². The van der Waals surface area contributed by atoms with E-state index >= 15 is 0 Å². The number of unbranched alkanes of at least 4 members (excludes halogenated alkanes) is 4. The molecule has 1 fully saturated rings. The number of H-pyrrole nitrogens is 1. The third-order valence-electron chi connectivity index (χ3n) is 14.3. The zero-order valence-electron chi connectivity index (χ0n) is 45.6. The Bertz CT molecular complexity index is 3210. The lowest BCUT2D eigenvalue weighted by Crippen LogP contribution is -2.57. The molecular weight excluding hydrogens is 1030 g/mol. The van der Waals surface area contributed by atoms with E-state index in [-0.39, 0.29) is 79.7 Å². The predicted molar refractivity (Wildman–Crippen MR) is 301 cm³/mol. The van der Waals surface area contributed by atoms with E-state index in [2.05, 4.69) is 46.5 Å². The molecule has 2 aliphatic heterocycles. The highest BCUT2D eigenvalue weighted by Crippen LogP contribution is 2.39. The number of aliphatic hydroxyl groups excluding tert-OH is 1. The maximum Gasteiger partial charge on any atom is 0.256 e. The molecule has 0 saturated carbocycles. The summed E-state index contributed by atoms with van der Waals surface area (Å²) >= 11 is 1.57. The maximum absolute atomic E-state index is 14.9. The van der Waals surface area contributed by atoms with Crippen molar-refractivity contribution in [3.05, 3.63) is 101 Å². The van der Waals surface area contributed by atoms with Crippen LogP contribution >= 0.6 is 11.3 Å². The van der Waals surface area contributed by atoms with Gasteiger partial charge in [0.1, 0.15) is 35.1 Å². The number of hydrogen-bond donors (Lipinski definition) is 7. The van der Waals surface area contributed by atoms with E-state index in [1.165, 1.54) is 36.1 Å². The molecule has 0 unspecified atom stereocenters. The molecule has 2 aliphatic rings. The van der Waals surface area contributed by atoms with E-state index in [9.17, 15) is 38.3 Å². The Morgan fingerprint density at radius 1 is 0.962 bits per heavy atom. The first-order chi connectivity index (χ1) is 37.8.